The van der Waals surface area contributed by atoms with E-state index in [1.54, 1.807) is 0 Å². The number of carbonyl (C=O) groups excluding carboxylic acids is 4. The van der Waals surface area contributed by atoms with Crippen molar-refractivity contribution in [1.82, 2.24) is 0 Å². The van der Waals surface area contributed by atoms with Crippen LogP contribution in [0.1, 0.15) is 41.4 Å². The van der Waals surface area contributed by atoms with Crippen LogP contribution in [0.15, 0.2) is 61.1 Å². The Balaban J connectivity index is 1.05. The molecule has 4 aromatic heterocycles. The second kappa shape index (κ2) is 20.2. The predicted octanol–water partition coefficient (Wildman–Crippen LogP) is 3.25. The Bertz CT molecular complexity index is 6170. The second-order valence-electron chi connectivity index (χ2n) is 22.5. The molecule has 0 aliphatic carbocycles. The van der Waals surface area contributed by atoms with Gasteiger partial charge in [0, 0.05) is 66.1 Å². The molecule has 3 aliphatic heterocycles. The third-order valence-electron chi connectivity index (χ3n) is 17.3. The summed E-state index contributed by atoms with van der Waals surface area (Å²) < 4.78 is 50.1. The molecule has 1 fully saturated rings. The molecule has 0 spiro atoms. The minimum atomic E-state index is -3.12. The number of aromatic hydroxyl groups is 20. The number of carbonyl (C=O) groups is 4. The molecule has 508 valence electrons. The molecule has 15 rings (SSSR count). The van der Waals surface area contributed by atoms with Gasteiger partial charge in [-0.3, -0.25) is 0 Å². The normalized spacial score (nSPS) is 17.8. The molecule has 7 heterocycles. The van der Waals surface area contributed by atoms with E-state index >= 15 is 14.4 Å². The van der Waals surface area contributed by atoms with Crippen molar-refractivity contribution in [2.24, 2.45) is 0 Å². The first-order valence-corrected chi connectivity index (χ1v) is 27.8. The molecule has 12 aromatic rings. The number of hydrogen-bond donors (Lipinski definition) is 21. The van der Waals surface area contributed by atoms with Crippen molar-refractivity contribution in [3.63, 3.8) is 0 Å². The van der Waals surface area contributed by atoms with E-state index in [-0.39, 0.29) is 24.3 Å². The molecule has 0 saturated carbocycles. The molecular weight excluding hydrogens is 1350 g/mol. The molecule has 38 nitrogen and oxygen atoms in total. The largest absolute Gasteiger partial charge is 0.504 e. The number of esters is 4. The Labute approximate surface area is 540 Å². The van der Waals surface area contributed by atoms with Gasteiger partial charge in [-0.25, -0.2) is 38.4 Å². The molecule has 0 radical (unpaired) electrons. The fourth-order valence-corrected chi connectivity index (χ4v) is 13.0. The van der Waals surface area contributed by atoms with Crippen LogP contribution in [0.2, 0.25) is 0 Å². The molecule has 0 amide bonds. The van der Waals surface area contributed by atoms with Crippen molar-refractivity contribution in [1.29, 1.82) is 0 Å². The topological polar surface area (TPSA) is 660 Å². The Morgan fingerprint density at radius 3 is 0.790 bits per heavy atom. The van der Waals surface area contributed by atoms with E-state index in [1.165, 1.54) is 0 Å². The quantitative estimate of drug-likeness (QED) is 0.0340. The molecule has 1 saturated heterocycles. The lowest BCUT2D eigenvalue weighted by Crippen LogP contribution is -2.62. The van der Waals surface area contributed by atoms with Crippen molar-refractivity contribution < 1.29 is 168 Å². The van der Waals surface area contributed by atoms with Crippen LogP contribution < -0.4 is 22.5 Å². The highest BCUT2D eigenvalue weighted by atomic mass is 16.7. The van der Waals surface area contributed by atoms with Gasteiger partial charge in [0.2, 0.25) is 46.0 Å². The van der Waals surface area contributed by atoms with Gasteiger partial charge in [0.1, 0.15) is 12.7 Å². The first kappa shape index (κ1) is 61.6. The zero-order valence-corrected chi connectivity index (χ0v) is 48.2. The van der Waals surface area contributed by atoms with Crippen LogP contribution in [-0.2, 0) is 23.7 Å². The Hall–Kier alpha value is -14.6. The summed E-state index contributed by atoms with van der Waals surface area (Å²) in [7, 11) is 0. The van der Waals surface area contributed by atoms with E-state index < -0.39 is 331 Å². The maximum absolute atomic E-state index is 15.6. The molecule has 12 bridgehead atoms. The highest BCUT2D eigenvalue weighted by Crippen LogP contribution is 2.61. The number of aliphatic hydroxyl groups is 1. The third kappa shape index (κ3) is 7.75. The van der Waals surface area contributed by atoms with Crippen LogP contribution in [-0.4, -0.2) is 168 Å². The second-order valence-corrected chi connectivity index (χ2v) is 22.5. The summed E-state index contributed by atoms with van der Waals surface area (Å²) in [6, 6.07) is 0.823. The van der Waals surface area contributed by atoms with Crippen molar-refractivity contribution in [2.75, 3.05) is 6.61 Å². The average Bonchev–Trinajstić information content (AvgIpc) is 0.716. The van der Waals surface area contributed by atoms with Crippen molar-refractivity contribution in [2.45, 2.75) is 30.7 Å². The van der Waals surface area contributed by atoms with E-state index in [0.29, 0.717) is 0 Å². The van der Waals surface area contributed by atoms with Crippen LogP contribution in [0.4, 0.5) is 0 Å². The number of aliphatic hydroxyl groups excluding tert-OH is 1. The minimum Gasteiger partial charge on any atom is -0.504 e. The SMILES string of the molecule is O=C1OC[C@H]2O[C@@H](O)[C@@H]3OC(=O)c4cc(O)c(O)c(O)c4-c4c(O)c(O)c5oc(=O)c6c(c(O)c(O)c7oc(=O)c4c5c76)-c4c(cc(O)c(O)c4O)C(=O)O[C@H]3[C@@H]2OC(=O)c2cc(O)c(O)c(O)c2-c2c(O)c(O)c3oc(=O)c4c(c(O)c(O)c5oc(=O)c2c3c54)-c2c1cc(O)c(O)c2O. The zero-order valence-electron chi connectivity index (χ0n) is 48.2. The molecule has 3 aliphatic rings. The Morgan fingerprint density at radius 1 is 0.270 bits per heavy atom. The van der Waals surface area contributed by atoms with Crippen LogP contribution in [0, 0.1) is 0 Å². The van der Waals surface area contributed by atoms with Crippen molar-refractivity contribution >= 4 is 89.3 Å². The minimum absolute atomic E-state index is 0.177. The van der Waals surface area contributed by atoms with E-state index in [4.69, 9.17) is 41.4 Å². The number of ether oxygens (including phenoxy) is 5. The third-order valence-corrected chi connectivity index (χ3v) is 17.3. The average molecular weight is 1380 g/mol. The highest BCUT2D eigenvalue weighted by Gasteiger charge is 2.54. The van der Waals surface area contributed by atoms with Crippen LogP contribution >= 0.6 is 0 Å². The van der Waals surface area contributed by atoms with Gasteiger partial charge in [0.25, 0.3) is 0 Å². The van der Waals surface area contributed by atoms with Gasteiger partial charge in [-0.1, -0.05) is 0 Å². The first-order chi connectivity index (χ1) is 47.2. The Morgan fingerprint density at radius 2 is 0.510 bits per heavy atom. The monoisotopic (exact) mass is 1380 g/mol. The number of phenols is 20. The van der Waals surface area contributed by atoms with Gasteiger partial charge in [-0.15, -0.1) is 0 Å². The van der Waals surface area contributed by atoms with Gasteiger partial charge >= 0.3 is 46.4 Å². The molecule has 21 N–H and O–H groups in total. The van der Waals surface area contributed by atoms with Crippen molar-refractivity contribution in [3.8, 4) is 159 Å². The molecule has 8 aromatic carbocycles. The number of cyclic esters (lactones) is 1. The summed E-state index contributed by atoms with van der Waals surface area (Å²) in [5.41, 5.74) is -29.3. The molecule has 38 heteroatoms. The molecule has 5 atom stereocenters. The van der Waals surface area contributed by atoms with Gasteiger partial charge in [-0.05, 0) is 24.3 Å². The van der Waals surface area contributed by atoms with E-state index in [1.807, 2.05) is 0 Å². The number of rotatable bonds is 0. The van der Waals surface area contributed by atoms with E-state index in [2.05, 4.69) is 0 Å². The first-order valence-electron chi connectivity index (χ1n) is 27.8. The van der Waals surface area contributed by atoms with E-state index in [9.17, 15) is 131 Å². The molecule has 100 heavy (non-hydrogen) atoms. The van der Waals surface area contributed by atoms with Crippen molar-refractivity contribution in [3.05, 3.63) is 88.2 Å². The number of fused-ring (bicyclic) bond motifs is 11. The lowest BCUT2D eigenvalue weighted by Gasteiger charge is -2.43. The van der Waals surface area contributed by atoms with Crippen LogP contribution in [0.3, 0.4) is 0 Å². The molecule has 0 unspecified atom stereocenters. The van der Waals surface area contributed by atoms with Gasteiger partial charge in [0.15, 0.2) is 116 Å². The summed E-state index contributed by atoms with van der Waals surface area (Å²) >= 11 is 0. The zero-order chi connectivity index (χ0) is 71.8. The van der Waals surface area contributed by atoms with Gasteiger partial charge < -0.3 is 149 Å². The van der Waals surface area contributed by atoms with Gasteiger partial charge in [0.05, 0.1) is 43.8 Å². The molecular formula is C62H32O38. The lowest BCUT2D eigenvalue weighted by atomic mass is 9.87. The van der Waals surface area contributed by atoms with Crippen LogP contribution in [0.25, 0.3) is 110 Å². The number of hydrogen-bond acceptors (Lipinski definition) is 38. The lowest BCUT2D eigenvalue weighted by molar-refractivity contribution is -0.284. The fraction of sp³-hybridized carbons (Fsp3) is 0.0968. The van der Waals surface area contributed by atoms with Gasteiger partial charge in [-0.2, -0.15) is 0 Å². The fourth-order valence-electron chi connectivity index (χ4n) is 13.0. The highest BCUT2D eigenvalue weighted by molar-refractivity contribution is 6.31. The van der Waals surface area contributed by atoms with Crippen LogP contribution in [0.5, 0.6) is 115 Å². The summed E-state index contributed by atoms with van der Waals surface area (Å²) in [4.78, 5) is 119. The Kier molecular flexibility index (Phi) is 12.5. The summed E-state index contributed by atoms with van der Waals surface area (Å²) in [5.74, 6) is -41.5. The maximum Gasteiger partial charge on any atom is 0.345 e. The number of phenolic OH excluding ortho intramolecular Hbond substituents is 20. The van der Waals surface area contributed by atoms with E-state index in [0.717, 1.165) is 0 Å². The summed E-state index contributed by atoms with van der Waals surface area (Å²) in [6.45, 7) is -1.70. The maximum atomic E-state index is 15.6. The predicted molar refractivity (Wildman–Crippen MR) is 318 cm³/mol. The standard InChI is InChI=1S/C62H32O38/c63-10-1-6-15(35(71)31(10)67)19-27-23-24-28(59(88)96-48(23)43(79)39(19)75)20(40(76)44(80)49(24)95-58(27)87)16-7(2-11(64)32(68)36(16)72)55(84)94-47-14(5-92-54(6)83)93-62(91)53-52(47)99-56(85)8-3-12(65)33(69)37(73)17(8)21-29-25-26-30(61(90)98-50(25)45(81)41(21)77)22(42(78)46(82)51(26)97-60(29)89)18-9(57(86)100-53)4-13(66)34(70)38(18)74/h1-4,14,47,52-53,62-82,91H,5H2/t14-,47-,52+,53-,62-/m1/s1. The summed E-state index contributed by atoms with van der Waals surface area (Å²) in [6.07, 6.45) is -15.0. The summed E-state index contributed by atoms with van der Waals surface area (Å²) in [5, 5.41) is 234. The number of benzene rings is 8. The smallest absolute Gasteiger partial charge is 0.345 e.